The molecule has 1 saturated heterocycles. The van der Waals surface area contributed by atoms with Crippen molar-refractivity contribution in [2.75, 3.05) is 11.4 Å². The molecule has 9 heteroatoms. The minimum Gasteiger partial charge on any atom is -0.478 e. The van der Waals surface area contributed by atoms with E-state index in [9.17, 15) is 19.2 Å². The summed E-state index contributed by atoms with van der Waals surface area (Å²) in [5.74, 6) is -2.20. The average molecular weight is 413 g/mol. The summed E-state index contributed by atoms with van der Waals surface area (Å²) in [7, 11) is 0. The van der Waals surface area contributed by atoms with Crippen molar-refractivity contribution in [1.29, 1.82) is 0 Å². The summed E-state index contributed by atoms with van der Waals surface area (Å²) in [6.07, 6.45) is 0. The lowest BCUT2D eigenvalue weighted by molar-refractivity contribution is -0.127. The Bertz CT molecular complexity index is 994. The number of primary amides is 1. The van der Waals surface area contributed by atoms with Gasteiger partial charge in [0.05, 0.1) is 18.7 Å². The van der Waals surface area contributed by atoms with Gasteiger partial charge in [-0.15, -0.1) is 0 Å². The molecule has 1 heterocycles. The number of amides is 3. The van der Waals surface area contributed by atoms with Crippen LogP contribution in [-0.2, 0) is 16.1 Å². The SMILES string of the molecule is Cc1cccc(N(CC(N)=O)[C@H]2SC(=O)N(Cc3cccc(C(=O)O)c3)C2=O)c1. The molecule has 1 atom stereocenters. The molecular formula is C20H19N3O5S. The molecule has 3 amide bonds. The third kappa shape index (κ3) is 4.57. The highest BCUT2D eigenvalue weighted by Crippen LogP contribution is 2.34. The molecule has 2 aromatic rings. The number of rotatable bonds is 7. The number of hydrogen-bond acceptors (Lipinski definition) is 6. The van der Waals surface area contributed by atoms with Crippen LogP contribution in [0.25, 0.3) is 0 Å². The van der Waals surface area contributed by atoms with E-state index in [2.05, 4.69) is 0 Å². The average Bonchev–Trinajstić information content (AvgIpc) is 2.94. The van der Waals surface area contributed by atoms with Crippen LogP contribution in [0.2, 0.25) is 0 Å². The van der Waals surface area contributed by atoms with E-state index in [1.165, 1.54) is 17.0 Å². The molecule has 0 radical (unpaired) electrons. The molecule has 0 aromatic heterocycles. The van der Waals surface area contributed by atoms with E-state index in [0.29, 0.717) is 11.3 Å². The largest absolute Gasteiger partial charge is 0.478 e. The number of carbonyl (C=O) groups excluding carboxylic acids is 3. The summed E-state index contributed by atoms with van der Waals surface area (Å²) in [4.78, 5) is 50.8. The number of nitrogens with zero attached hydrogens (tertiary/aromatic N) is 2. The van der Waals surface area contributed by atoms with Crippen molar-refractivity contribution in [2.24, 2.45) is 5.73 Å². The van der Waals surface area contributed by atoms with Gasteiger partial charge in [0.2, 0.25) is 5.91 Å². The predicted molar refractivity (Wildman–Crippen MR) is 108 cm³/mol. The van der Waals surface area contributed by atoms with Crippen molar-refractivity contribution in [2.45, 2.75) is 18.8 Å². The van der Waals surface area contributed by atoms with Crippen LogP contribution in [0.1, 0.15) is 21.5 Å². The summed E-state index contributed by atoms with van der Waals surface area (Å²) < 4.78 is 0. The Morgan fingerprint density at radius 2 is 1.90 bits per heavy atom. The number of thioether (sulfide) groups is 1. The Kier molecular flexibility index (Phi) is 5.88. The molecule has 0 spiro atoms. The number of aryl methyl sites for hydroxylation is 1. The van der Waals surface area contributed by atoms with E-state index in [-0.39, 0.29) is 18.7 Å². The first-order valence-electron chi connectivity index (χ1n) is 8.72. The van der Waals surface area contributed by atoms with Crippen LogP contribution in [0, 0.1) is 6.92 Å². The number of carbonyl (C=O) groups is 4. The number of nitrogens with two attached hydrogens (primary N) is 1. The van der Waals surface area contributed by atoms with Crippen molar-refractivity contribution in [3.05, 3.63) is 65.2 Å². The van der Waals surface area contributed by atoms with Gasteiger partial charge in [-0.05, 0) is 54.1 Å². The fourth-order valence-corrected chi connectivity index (χ4v) is 4.07. The molecule has 0 aliphatic carbocycles. The van der Waals surface area contributed by atoms with Gasteiger partial charge in [-0.25, -0.2) is 4.79 Å². The second-order valence-electron chi connectivity index (χ2n) is 6.60. The van der Waals surface area contributed by atoms with Crippen molar-refractivity contribution < 1.29 is 24.3 Å². The minimum absolute atomic E-state index is 0.0550. The molecule has 1 aliphatic rings. The molecule has 8 nitrogen and oxygen atoms in total. The lowest BCUT2D eigenvalue weighted by Gasteiger charge is -2.27. The van der Waals surface area contributed by atoms with Gasteiger partial charge in [-0.2, -0.15) is 0 Å². The maximum absolute atomic E-state index is 13.0. The summed E-state index contributed by atoms with van der Waals surface area (Å²) in [6.45, 7) is 1.60. The van der Waals surface area contributed by atoms with Crippen molar-refractivity contribution in [3.8, 4) is 0 Å². The highest BCUT2D eigenvalue weighted by atomic mass is 32.2. The topological polar surface area (TPSA) is 121 Å². The van der Waals surface area contributed by atoms with E-state index >= 15 is 0 Å². The van der Waals surface area contributed by atoms with Crippen LogP contribution in [0.15, 0.2) is 48.5 Å². The predicted octanol–water partition coefficient (Wildman–Crippen LogP) is 2.21. The van der Waals surface area contributed by atoms with Crippen molar-refractivity contribution >= 4 is 40.5 Å². The van der Waals surface area contributed by atoms with Crippen molar-refractivity contribution in [3.63, 3.8) is 0 Å². The van der Waals surface area contributed by atoms with Gasteiger partial charge in [-0.1, -0.05) is 24.3 Å². The zero-order chi connectivity index (χ0) is 21.1. The van der Waals surface area contributed by atoms with Gasteiger partial charge in [0, 0.05) is 5.69 Å². The molecule has 29 heavy (non-hydrogen) atoms. The number of carboxylic acids is 1. The van der Waals surface area contributed by atoms with Gasteiger partial charge in [0.15, 0.2) is 5.37 Å². The summed E-state index contributed by atoms with van der Waals surface area (Å²) in [5, 5.41) is 7.72. The second-order valence-corrected chi connectivity index (χ2v) is 7.63. The standard InChI is InChI=1S/C20H19N3O5S/c1-12-4-2-7-15(8-12)22(11-16(21)24)18-17(25)23(20(28)29-18)10-13-5-3-6-14(9-13)19(26)27/h2-9,18H,10-11H2,1H3,(H2,21,24)(H,26,27)/t18-/m0/s1. The molecule has 1 aliphatic heterocycles. The number of benzene rings is 2. The number of hydrogen-bond donors (Lipinski definition) is 2. The first-order chi connectivity index (χ1) is 13.8. The van der Waals surface area contributed by atoms with Gasteiger partial charge >= 0.3 is 5.97 Å². The van der Waals surface area contributed by atoms with E-state index < -0.39 is 28.4 Å². The van der Waals surface area contributed by atoms with Crippen LogP contribution in [-0.4, -0.2) is 44.9 Å². The lowest BCUT2D eigenvalue weighted by Crippen LogP contribution is -2.45. The molecule has 0 unspecified atom stereocenters. The van der Waals surface area contributed by atoms with Gasteiger partial charge in [0.1, 0.15) is 0 Å². The van der Waals surface area contributed by atoms with Crippen LogP contribution >= 0.6 is 11.8 Å². The van der Waals surface area contributed by atoms with Crippen LogP contribution < -0.4 is 10.6 Å². The fraction of sp³-hybridized carbons (Fsp3) is 0.200. The molecule has 3 rings (SSSR count). The molecule has 3 N–H and O–H groups in total. The summed E-state index contributed by atoms with van der Waals surface area (Å²) in [5.41, 5.74) is 7.49. The monoisotopic (exact) mass is 413 g/mol. The lowest BCUT2D eigenvalue weighted by atomic mass is 10.1. The number of carboxylic acid groups (broad SMARTS) is 1. The van der Waals surface area contributed by atoms with Crippen LogP contribution in [0.5, 0.6) is 0 Å². The third-order valence-electron chi connectivity index (χ3n) is 4.37. The summed E-state index contributed by atoms with van der Waals surface area (Å²) >= 11 is 0.802. The molecule has 150 valence electrons. The summed E-state index contributed by atoms with van der Waals surface area (Å²) in [6, 6.07) is 13.3. The Morgan fingerprint density at radius 1 is 1.17 bits per heavy atom. The maximum Gasteiger partial charge on any atom is 0.335 e. The maximum atomic E-state index is 13.0. The minimum atomic E-state index is -1.09. The van der Waals surface area contributed by atoms with E-state index in [4.69, 9.17) is 10.8 Å². The van der Waals surface area contributed by atoms with E-state index in [1.54, 1.807) is 30.3 Å². The second kappa shape index (κ2) is 8.36. The molecular weight excluding hydrogens is 394 g/mol. The normalized spacial score (nSPS) is 16.2. The Hall–Kier alpha value is -3.33. The Labute approximate surface area is 171 Å². The molecule has 0 bridgehead atoms. The third-order valence-corrected chi connectivity index (χ3v) is 5.47. The van der Waals surface area contributed by atoms with Gasteiger partial charge < -0.3 is 15.7 Å². The molecule has 0 saturated carbocycles. The zero-order valence-corrected chi connectivity index (χ0v) is 16.4. The Balaban J connectivity index is 1.86. The van der Waals surface area contributed by atoms with E-state index in [1.807, 2.05) is 13.0 Å². The fourth-order valence-electron chi connectivity index (χ4n) is 3.04. The van der Waals surface area contributed by atoms with Gasteiger partial charge in [-0.3, -0.25) is 19.3 Å². The van der Waals surface area contributed by atoms with Crippen LogP contribution in [0.4, 0.5) is 10.5 Å². The number of anilines is 1. The highest BCUT2D eigenvalue weighted by molar-refractivity contribution is 8.15. The zero-order valence-electron chi connectivity index (χ0n) is 15.6. The van der Waals surface area contributed by atoms with Gasteiger partial charge in [0.25, 0.3) is 11.1 Å². The number of imide groups is 1. The molecule has 2 aromatic carbocycles. The van der Waals surface area contributed by atoms with Crippen molar-refractivity contribution in [1.82, 2.24) is 4.90 Å². The highest BCUT2D eigenvalue weighted by Gasteiger charge is 2.43. The Morgan fingerprint density at radius 3 is 2.55 bits per heavy atom. The smallest absolute Gasteiger partial charge is 0.335 e. The van der Waals surface area contributed by atoms with E-state index in [0.717, 1.165) is 22.2 Å². The quantitative estimate of drug-likeness (QED) is 0.714. The molecule has 1 fully saturated rings. The first kappa shape index (κ1) is 20.4. The van der Waals surface area contributed by atoms with Crippen LogP contribution in [0.3, 0.4) is 0 Å². The first-order valence-corrected chi connectivity index (χ1v) is 9.60. The number of aromatic carboxylic acids is 1.